The molecule has 0 aliphatic carbocycles. The number of benzene rings is 1. The molecule has 0 bridgehead atoms. The summed E-state index contributed by atoms with van der Waals surface area (Å²) in [4.78, 5) is 2.29. The van der Waals surface area contributed by atoms with Crippen molar-refractivity contribution in [3.8, 4) is 0 Å². The van der Waals surface area contributed by atoms with E-state index in [-0.39, 0.29) is 5.60 Å². The second-order valence-electron chi connectivity index (χ2n) is 7.59. The van der Waals surface area contributed by atoms with Crippen LogP contribution in [0.15, 0.2) is 18.2 Å². The maximum absolute atomic E-state index is 10.3. The van der Waals surface area contributed by atoms with Crippen molar-refractivity contribution in [2.24, 2.45) is 0 Å². The maximum Gasteiger partial charge on any atom is 0.0900 e. The Morgan fingerprint density at radius 2 is 1.92 bits per heavy atom. The van der Waals surface area contributed by atoms with E-state index in [2.05, 4.69) is 36.9 Å². The Hall–Kier alpha value is -0.940. The Morgan fingerprint density at radius 1 is 1.21 bits per heavy atom. The molecule has 0 aromatic heterocycles. The van der Waals surface area contributed by atoms with Gasteiger partial charge in [0.2, 0.25) is 0 Å². The van der Waals surface area contributed by atoms with Crippen LogP contribution in [0.3, 0.4) is 0 Å². The molecule has 0 amide bonds. The molecule has 0 aliphatic rings. The predicted octanol–water partition coefficient (Wildman–Crippen LogP) is 3.32. The summed E-state index contributed by atoms with van der Waals surface area (Å²) in [7, 11) is 1.72. The standard InChI is InChI=1S/C20H35NO3/c1-16-8-9-17(2)18(12-16)13-21(10-7-11-23-6)14-19(22)15-24-20(3,4)5/h8-9,12,19,22H,7,10-11,13-15H2,1-6H3/t19-/m0/s1. The zero-order valence-electron chi connectivity index (χ0n) is 16.3. The van der Waals surface area contributed by atoms with Crippen LogP contribution in [0.1, 0.15) is 43.9 Å². The molecule has 4 heteroatoms. The minimum absolute atomic E-state index is 0.227. The molecule has 0 aliphatic heterocycles. The topological polar surface area (TPSA) is 41.9 Å². The van der Waals surface area contributed by atoms with Crippen LogP contribution >= 0.6 is 0 Å². The average Bonchev–Trinajstić information content (AvgIpc) is 2.48. The minimum Gasteiger partial charge on any atom is -0.389 e. The number of methoxy groups -OCH3 is 1. The molecule has 1 rings (SSSR count). The highest BCUT2D eigenvalue weighted by Gasteiger charge is 2.17. The van der Waals surface area contributed by atoms with Gasteiger partial charge in [0.05, 0.1) is 18.3 Å². The molecule has 0 radical (unpaired) electrons. The number of hydrogen-bond donors (Lipinski definition) is 1. The Bertz CT molecular complexity index is 482. The summed E-state index contributed by atoms with van der Waals surface area (Å²) in [5, 5.41) is 10.3. The van der Waals surface area contributed by atoms with Gasteiger partial charge >= 0.3 is 0 Å². The summed E-state index contributed by atoms with van der Waals surface area (Å²) < 4.78 is 10.9. The molecule has 0 unspecified atom stereocenters. The number of aryl methyl sites for hydroxylation is 2. The van der Waals surface area contributed by atoms with Crippen LogP contribution < -0.4 is 0 Å². The van der Waals surface area contributed by atoms with Crippen LogP contribution in [0.5, 0.6) is 0 Å². The third-order valence-corrected chi connectivity index (χ3v) is 3.90. The van der Waals surface area contributed by atoms with E-state index in [0.717, 1.165) is 26.1 Å². The zero-order chi connectivity index (χ0) is 18.2. The van der Waals surface area contributed by atoms with Gasteiger partial charge < -0.3 is 14.6 Å². The molecule has 0 fully saturated rings. The number of nitrogens with zero attached hydrogens (tertiary/aromatic N) is 1. The van der Waals surface area contributed by atoms with Crippen molar-refractivity contribution in [2.45, 2.75) is 59.3 Å². The lowest BCUT2D eigenvalue weighted by molar-refractivity contribution is -0.0569. The smallest absolute Gasteiger partial charge is 0.0900 e. The van der Waals surface area contributed by atoms with Crippen molar-refractivity contribution in [1.82, 2.24) is 4.90 Å². The zero-order valence-corrected chi connectivity index (χ0v) is 16.3. The molecule has 1 atom stereocenters. The maximum atomic E-state index is 10.3. The molecule has 1 aromatic carbocycles. The van der Waals surface area contributed by atoms with Crippen molar-refractivity contribution in [1.29, 1.82) is 0 Å². The molecule has 0 heterocycles. The molecule has 0 saturated heterocycles. The summed E-state index contributed by atoms with van der Waals surface area (Å²) in [5.41, 5.74) is 3.65. The Labute approximate surface area is 147 Å². The van der Waals surface area contributed by atoms with Gasteiger partial charge in [-0.2, -0.15) is 0 Å². The van der Waals surface area contributed by atoms with Crippen LogP contribution in [0, 0.1) is 13.8 Å². The largest absolute Gasteiger partial charge is 0.389 e. The first-order chi connectivity index (χ1) is 11.2. The number of rotatable bonds is 10. The van der Waals surface area contributed by atoms with Crippen LogP contribution in [0.2, 0.25) is 0 Å². The van der Waals surface area contributed by atoms with Gasteiger partial charge in [-0.1, -0.05) is 23.8 Å². The third kappa shape index (κ3) is 8.78. The number of aliphatic hydroxyl groups excluding tert-OH is 1. The number of ether oxygens (including phenoxy) is 2. The van der Waals surface area contributed by atoms with Crippen LogP contribution in [0.25, 0.3) is 0 Å². The van der Waals surface area contributed by atoms with E-state index in [9.17, 15) is 5.11 Å². The first-order valence-electron chi connectivity index (χ1n) is 8.80. The molecule has 1 aromatic rings. The molecular weight excluding hydrogens is 302 g/mol. The van der Waals surface area contributed by atoms with E-state index < -0.39 is 6.10 Å². The minimum atomic E-state index is -0.489. The molecule has 4 nitrogen and oxygen atoms in total. The third-order valence-electron chi connectivity index (χ3n) is 3.90. The second kappa shape index (κ2) is 10.1. The van der Waals surface area contributed by atoms with Gasteiger partial charge in [-0.05, 0) is 52.2 Å². The van der Waals surface area contributed by atoms with E-state index in [1.165, 1.54) is 16.7 Å². The van der Waals surface area contributed by atoms with Gasteiger partial charge in [0.25, 0.3) is 0 Å². The molecule has 24 heavy (non-hydrogen) atoms. The van der Waals surface area contributed by atoms with Crippen LogP contribution in [-0.4, -0.2) is 55.1 Å². The van der Waals surface area contributed by atoms with E-state index in [4.69, 9.17) is 9.47 Å². The first kappa shape index (κ1) is 21.1. The monoisotopic (exact) mass is 337 g/mol. The number of aliphatic hydroxyl groups is 1. The van der Waals surface area contributed by atoms with E-state index in [1.54, 1.807) is 7.11 Å². The summed E-state index contributed by atoms with van der Waals surface area (Å²) in [6.45, 7) is 13.7. The second-order valence-corrected chi connectivity index (χ2v) is 7.59. The lowest BCUT2D eigenvalue weighted by Crippen LogP contribution is -2.37. The quantitative estimate of drug-likeness (QED) is 0.665. The van der Waals surface area contributed by atoms with E-state index >= 15 is 0 Å². The van der Waals surface area contributed by atoms with E-state index in [0.29, 0.717) is 13.2 Å². The van der Waals surface area contributed by atoms with Gasteiger partial charge in [-0.3, -0.25) is 4.90 Å². The summed E-state index contributed by atoms with van der Waals surface area (Å²) in [6.07, 6.45) is 0.464. The molecule has 1 N–H and O–H groups in total. The van der Waals surface area contributed by atoms with Crippen LogP contribution in [0.4, 0.5) is 0 Å². The van der Waals surface area contributed by atoms with Crippen molar-refractivity contribution in [3.63, 3.8) is 0 Å². The molecular formula is C20H35NO3. The molecule has 0 spiro atoms. The SMILES string of the molecule is COCCCN(Cc1cc(C)ccc1C)C[C@H](O)COC(C)(C)C. The van der Waals surface area contributed by atoms with Gasteiger partial charge in [-0.15, -0.1) is 0 Å². The van der Waals surface area contributed by atoms with Gasteiger partial charge in [0.1, 0.15) is 0 Å². The summed E-state index contributed by atoms with van der Waals surface area (Å²) in [5.74, 6) is 0. The Morgan fingerprint density at radius 3 is 2.54 bits per heavy atom. The lowest BCUT2D eigenvalue weighted by atomic mass is 10.0. The molecule has 0 saturated carbocycles. The van der Waals surface area contributed by atoms with Crippen molar-refractivity contribution < 1.29 is 14.6 Å². The predicted molar refractivity (Wildman–Crippen MR) is 99.4 cm³/mol. The molecule has 138 valence electrons. The summed E-state index contributed by atoms with van der Waals surface area (Å²) >= 11 is 0. The average molecular weight is 338 g/mol. The lowest BCUT2D eigenvalue weighted by Gasteiger charge is -2.28. The Balaban J connectivity index is 2.67. The highest BCUT2D eigenvalue weighted by Crippen LogP contribution is 2.15. The van der Waals surface area contributed by atoms with Gasteiger partial charge in [-0.25, -0.2) is 0 Å². The fourth-order valence-electron chi connectivity index (χ4n) is 2.58. The van der Waals surface area contributed by atoms with E-state index in [1.807, 2.05) is 20.8 Å². The normalized spacial score (nSPS) is 13.5. The van der Waals surface area contributed by atoms with Gasteiger partial charge in [0.15, 0.2) is 0 Å². The fourth-order valence-corrected chi connectivity index (χ4v) is 2.58. The fraction of sp³-hybridized carbons (Fsp3) is 0.700. The highest BCUT2D eigenvalue weighted by molar-refractivity contribution is 5.30. The van der Waals surface area contributed by atoms with Crippen molar-refractivity contribution >= 4 is 0 Å². The number of hydrogen-bond acceptors (Lipinski definition) is 4. The Kier molecular flexibility index (Phi) is 8.92. The van der Waals surface area contributed by atoms with Crippen LogP contribution in [-0.2, 0) is 16.0 Å². The first-order valence-corrected chi connectivity index (χ1v) is 8.80. The highest BCUT2D eigenvalue weighted by atomic mass is 16.5. The van der Waals surface area contributed by atoms with Crippen molar-refractivity contribution in [2.75, 3.05) is 33.4 Å². The van der Waals surface area contributed by atoms with Crippen molar-refractivity contribution in [3.05, 3.63) is 34.9 Å². The van der Waals surface area contributed by atoms with Gasteiger partial charge in [0, 0.05) is 33.4 Å². The summed E-state index contributed by atoms with van der Waals surface area (Å²) in [6, 6.07) is 6.54.